The first-order valence-electron chi connectivity index (χ1n) is 9.53. The van der Waals surface area contributed by atoms with Crippen molar-refractivity contribution >= 4 is 31.8 Å². The number of halogens is 6. The largest absolute Gasteiger partial charge is 0.573 e. The lowest BCUT2D eigenvalue weighted by Crippen LogP contribution is -2.17. The van der Waals surface area contributed by atoms with E-state index in [4.69, 9.17) is 0 Å². The van der Waals surface area contributed by atoms with Crippen LogP contribution >= 0.6 is 0 Å². The zero-order valence-corrected chi connectivity index (χ0v) is 18.2. The lowest BCUT2D eigenvalue weighted by atomic mass is 10.1. The zero-order chi connectivity index (χ0) is 25.1. The van der Waals surface area contributed by atoms with Gasteiger partial charge in [-0.1, -0.05) is 19.1 Å². The smallest absolute Gasteiger partial charge is 0.404 e. The normalized spacial score (nSPS) is 13.1. The van der Waals surface area contributed by atoms with Crippen LogP contribution in [0.5, 0.6) is 5.75 Å². The van der Waals surface area contributed by atoms with Gasteiger partial charge in [-0.2, -0.15) is 13.2 Å². The standard InChI is InChI=1S/C20H14F6N4O3S/c1-3-34(31,32)16-11-5-4-6-13(19(21,22)23)12(11)9-27-15(16)18-29-14-7-10(33-20(24,25)26)8-28-17(14)30(18)2/h4-9H,3H2,1-2H3. The molecule has 0 radical (unpaired) electrons. The Morgan fingerprint density at radius 3 is 2.35 bits per heavy atom. The van der Waals surface area contributed by atoms with Crippen molar-refractivity contribution in [2.75, 3.05) is 5.75 Å². The SMILES string of the molecule is CCS(=O)(=O)c1c(-c2nc3cc(OC(F)(F)F)cnc3n2C)ncc2c(C(F)(F)F)cccc12. The number of hydrogen-bond acceptors (Lipinski definition) is 6. The van der Waals surface area contributed by atoms with Crippen LogP contribution in [0.2, 0.25) is 0 Å². The number of aryl methyl sites for hydroxylation is 1. The van der Waals surface area contributed by atoms with Crippen molar-refractivity contribution in [2.24, 2.45) is 7.05 Å². The quantitative estimate of drug-likeness (QED) is 0.368. The van der Waals surface area contributed by atoms with Gasteiger partial charge in [0, 0.05) is 30.1 Å². The summed E-state index contributed by atoms with van der Waals surface area (Å²) >= 11 is 0. The van der Waals surface area contributed by atoms with Gasteiger partial charge in [-0.3, -0.25) is 4.98 Å². The first-order chi connectivity index (χ1) is 15.7. The fourth-order valence-corrected chi connectivity index (χ4v) is 4.78. The Labute approximate surface area is 187 Å². The van der Waals surface area contributed by atoms with Crippen LogP contribution in [0, 0.1) is 0 Å². The molecule has 180 valence electrons. The van der Waals surface area contributed by atoms with Crippen LogP contribution in [-0.2, 0) is 23.1 Å². The Morgan fingerprint density at radius 2 is 1.74 bits per heavy atom. The lowest BCUT2D eigenvalue weighted by molar-refractivity contribution is -0.274. The third-order valence-electron chi connectivity index (χ3n) is 5.01. The van der Waals surface area contributed by atoms with Crippen LogP contribution < -0.4 is 4.74 Å². The van der Waals surface area contributed by atoms with Crippen LogP contribution in [-0.4, -0.2) is 40.1 Å². The molecule has 14 heteroatoms. The molecule has 3 aromatic heterocycles. The number of alkyl halides is 6. The van der Waals surface area contributed by atoms with E-state index >= 15 is 0 Å². The second kappa shape index (κ2) is 7.82. The molecule has 3 heterocycles. The van der Waals surface area contributed by atoms with Crippen LogP contribution in [0.15, 0.2) is 41.6 Å². The summed E-state index contributed by atoms with van der Waals surface area (Å²) in [7, 11) is -2.71. The van der Waals surface area contributed by atoms with Crippen molar-refractivity contribution in [3.05, 3.63) is 42.2 Å². The van der Waals surface area contributed by atoms with Crippen molar-refractivity contribution in [2.45, 2.75) is 24.4 Å². The maximum absolute atomic E-state index is 13.5. The maximum atomic E-state index is 13.5. The zero-order valence-electron chi connectivity index (χ0n) is 17.4. The van der Waals surface area contributed by atoms with E-state index in [0.29, 0.717) is 0 Å². The van der Waals surface area contributed by atoms with Gasteiger partial charge < -0.3 is 9.30 Å². The number of aromatic nitrogens is 4. The molecule has 0 N–H and O–H groups in total. The van der Waals surface area contributed by atoms with Crippen molar-refractivity contribution in [3.63, 3.8) is 0 Å². The number of ether oxygens (including phenoxy) is 1. The summed E-state index contributed by atoms with van der Waals surface area (Å²) in [4.78, 5) is 11.6. The van der Waals surface area contributed by atoms with E-state index in [2.05, 4.69) is 19.7 Å². The molecular formula is C20H14F6N4O3S. The molecule has 4 aromatic rings. The Balaban J connectivity index is 2.03. The third-order valence-corrected chi connectivity index (χ3v) is 6.81. The van der Waals surface area contributed by atoms with Gasteiger partial charge in [-0.15, -0.1) is 13.2 Å². The molecule has 0 aliphatic rings. The van der Waals surface area contributed by atoms with E-state index in [0.717, 1.165) is 30.6 Å². The van der Waals surface area contributed by atoms with Gasteiger partial charge >= 0.3 is 12.5 Å². The highest BCUT2D eigenvalue weighted by Gasteiger charge is 2.35. The van der Waals surface area contributed by atoms with Gasteiger partial charge in [-0.05, 0) is 6.07 Å². The second-order valence-electron chi connectivity index (χ2n) is 7.16. The molecule has 0 amide bonds. The van der Waals surface area contributed by atoms with E-state index in [1.807, 2.05) is 0 Å². The number of hydrogen-bond donors (Lipinski definition) is 0. The molecule has 7 nitrogen and oxygen atoms in total. The summed E-state index contributed by atoms with van der Waals surface area (Å²) in [5.74, 6) is -1.20. The van der Waals surface area contributed by atoms with Gasteiger partial charge in [0.2, 0.25) is 0 Å². The van der Waals surface area contributed by atoms with E-state index in [-0.39, 0.29) is 28.1 Å². The second-order valence-corrected chi connectivity index (χ2v) is 9.37. The average Bonchev–Trinajstić information content (AvgIpc) is 3.06. The average molecular weight is 504 g/mol. The van der Waals surface area contributed by atoms with E-state index in [1.54, 1.807) is 0 Å². The fourth-order valence-electron chi connectivity index (χ4n) is 3.54. The summed E-state index contributed by atoms with van der Waals surface area (Å²) in [6, 6.07) is 4.08. The lowest BCUT2D eigenvalue weighted by Gasteiger charge is -2.15. The molecule has 0 atom stereocenters. The number of fused-ring (bicyclic) bond motifs is 2. The molecule has 0 aliphatic heterocycles. The monoisotopic (exact) mass is 504 g/mol. The highest BCUT2D eigenvalue weighted by Crippen LogP contribution is 2.39. The number of rotatable bonds is 4. The first-order valence-corrected chi connectivity index (χ1v) is 11.2. The molecule has 0 saturated carbocycles. The van der Waals surface area contributed by atoms with Crippen LogP contribution in [0.1, 0.15) is 12.5 Å². The van der Waals surface area contributed by atoms with Gasteiger partial charge in [-0.25, -0.2) is 18.4 Å². The van der Waals surface area contributed by atoms with Crippen LogP contribution in [0.3, 0.4) is 0 Å². The Bertz CT molecular complexity index is 1530. The minimum absolute atomic E-state index is 0.0648. The molecular weight excluding hydrogens is 490 g/mol. The molecule has 0 unspecified atom stereocenters. The van der Waals surface area contributed by atoms with E-state index in [1.165, 1.54) is 24.6 Å². The summed E-state index contributed by atoms with van der Waals surface area (Å²) in [5, 5.41) is -0.619. The molecule has 4 rings (SSSR count). The number of nitrogens with zero attached hydrogens (tertiary/aromatic N) is 4. The molecule has 0 fully saturated rings. The highest BCUT2D eigenvalue weighted by molar-refractivity contribution is 7.91. The van der Waals surface area contributed by atoms with Crippen LogP contribution in [0.25, 0.3) is 33.5 Å². The molecule has 0 aliphatic carbocycles. The number of sulfone groups is 1. The third kappa shape index (κ3) is 4.13. The number of imidazole rings is 1. The summed E-state index contributed by atoms with van der Waals surface area (Å²) in [5.41, 5.74) is -1.30. The summed E-state index contributed by atoms with van der Waals surface area (Å²) < 4.78 is 109. The Hall–Kier alpha value is -3.42. The predicted octanol–water partition coefficient (Wildman–Crippen LogP) is 4.89. The van der Waals surface area contributed by atoms with Crippen molar-refractivity contribution in [1.82, 2.24) is 19.5 Å². The van der Waals surface area contributed by atoms with E-state index in [9.17, 15) is 34.8 Å². The van der Waals surface area contributed by atoms with Gasteiger partial charge in [0.1, 0.15) is 21.9 Å². The van der Waals surface area contributed by atoms with Gasteiger partial charge in [0.15, 0.2) is 21.3 Å². The van der Waals surface area contributed by atoms with Gasteiger partial charge in [0.05, 0.1) is 17.5 Å². The van der Waals surface area contributed by atoms with Crippen LogP contribution in [0.4, 0.5) is 26.3 Å². The predicted molar refractivity (Wildman–Crippen MR) is 109 cm³/mol. The fraction of sp³-hybridized carbons (Fsp3) is 0.250. The molecule has 34 heavy (non-hydrogen) atoms. The number of benzene rings is 1. The van der Waals surface area contributed by atoms with E-state index < -0.39 is 49.7 Å². The first kappa shape index (κ1) is 23.7. The Kier molecular flexibility index (Phi) is 5.46. The van der Waals surface area contributed by atoms with Crippen molar-refractivity contribution in [1.29, 1.82) is 0 Å². The minimum atomic E-state index is -4.97. The van der Waals surface area contributed by atoms with Crippen molar-refractivity contribution in [3.8, 4) is 17.3 Å². The number of pyridine rings is 2. The van der Waals surface area contributed by atoms with Gasteiger partial charge in [0.25, 0.3) is 0 Å². The minimum Gasteiger partial charge on any atom is -0.404 e. The maximum Gasteiger partial charge on any atom is 0.573 e. The topological polar surface area (TPSA) is 87.0 Å². The summed E-state index contributed by atoms with van der Waals surface area (Å²) in [6.07, 6.45) is -8.01. The summed E-state index contributed by atoms with van der Waals surface area (Å²) in [6.45, 7) is 1.32. The molecule has 0 saturated heterocycles. The molecule has 0 spiro atoms. The molecule has 1 aromatic carbocycles. The highest BCUT2D eigenvalue weighted by atomic mass is 32.2. The van der Waals surface area contributed by atoms with Crippen molar-refractivity contribution < 1.29 is 39.5 Å². The Morgan fingerprint density at radius 1 is 1.03 bits per heavy atom. The molecule has 0 bridgehead atoms.